The molecule has 1 aromatic heterocycles. The Hall–Kier alpha value is -1.65. The molecule has 0 unspecified atom stereocenters. The van der Waals surface area contributed by atoms with E-state index in [1.807, 2.05) is 6.07 Å². The molecule has 6 heteroatoms. The van der Waals surface area contributed by atoms with Crippen LogP contribution in [0.15, 0.2) is 30.5 Å². The van der Waals surface area contributed by atoms with Crippen molar-refractivity contribution >= 4 is 34.9 Å². The topological polar surface area (TPSA) is 57.2 Å². The highest BCUT2D eigenvalue weighted by molar-refractivity contribution is 6.35. The van der Waals surface area contributed by atoms with Gasteiger partial charge < -0.3 is 15.0 Å². The van der Waals surface area contributed by atoms with Crippen molar-refractivity contribution in [1.29, 1.82) is 0 Å². The molecule has 2 N–H and O–H groups in total. The maximum atomic E-state index is 11.6. The molecule has 0 amide bonds. The normalized spacial score (nSPS) is 10.5. The molecular formula is C13H12Cl2N2O2. The van der Waals surface area contributed by atoms with Gasteiger partial charge in [-0.25, -0.2) is 4.79 Å². The number of halogens is 2. The molecule has 2 aromatic rings. The first-order chi connectivity index (χ1) is 9.01. The number of nitrogen functional groups attached to an aromatic ring is 1. The fraction of sp³-hybridized carbons (Fsp3) is 0.154. The van der Waals surface area contributed by atoms with Crippen molar-refractivity contribution in [2.45, 2.75) is 6.54 Å². The van der Waals surface area contributed by atoms with Gasteiger partial charge in [-0.3, -0.25) is 0 Å². The van der Waals surface area contributed by atoms with Crippen LogP contribution in [-0.4, -0.2) is 17.6 Å². The van der Waals surface area contributed by atoms with Crippen LogP contribution >= 0.6 is 23.2 Å². The number of nitrogens with two attached hydrogens (primary N) is 1. The molecule has 1 aromatic carbocycles. The van der Waals surface area contributed by atoms with Gasteiger partial charge in [-0.15, -0.1) is 0 Å². The SMILES string of the molecule is COC(=O)c1cc(N)cn1Cc1ccc(Cl)cc1Cl. The molecule has 0 radical (unpaired) electrons. The molecule has 0 bridgehead atoms. The van der Waals surface area contributed by atoms with Gasteiger partial charge in [0.15, 0.2) is 0 Å². The quantitative estimate of drug-likeness (QED) is 0.885. The Balaban J connectivity index is 2.35. The number of anilines is 1. The van der Waals surface area contributed by atoms with E-state index >= 15 is 0 Å². The van der Waals surface area contributed by atoms with Crippen molar-refractivity contribution in [1.82, 2.24) is 4.57 Å². The maximum absolute atomic E-state index is 11.6. The second-order valence-electron chi connectivity index (χ2n) is 4.01. The van der Waals surface area contributed by atoms with Gasteiger partial charge in [0.25, 0.3) is 0 Å². The largest absolute Gasteiger partial charge is 0.464 e. The second-order valence-corrected chi connectivity index (χ2v) is 4.86. The molecule has 2 rings (SSSR count). The Kier molecular flexibility index (Phi) is 4.02. The van der Waals surface area contributed by atoms with E-state index in [0.29, 0.717) is 28.0 Å². The van der Waals surface area contributed by atoms with Gasteiger partial charge in [0.1, 0.15) is 5.69 Å². The number of hydrogen-bond donors (Lipinski definition) is 1. The van der Waals surface area contributed by atoms with Crippen LogP contribution in [0.4, 0.5) is 5.69 Å². The summed E-state index contributed by atoms with van der Waals surface area (Å²) in [4.78, 5) is 11.6. The van der Waals surface area contributed by atoms with Crippen molar-refractivity contribution in [3.05, 3.63) is 51.8 Å². The monoisotopic (exact) mass is 298 g/mol. The molecule has 19 heavy (non-hydrogen) atoms. The Labute approximate surface area is 120 Å². The third-order valence-corrected chi connectivity index (χ3v) is 3.26. The van der Waals surface area contributed by atoms with E-state index in [1.54, 1.807) is 29.0 Å². The standard InChI is InChI=1S/C13H12Cl2N2O2/c1-19-13(18)12-5-10(16)7-17(12)6-8-2-3-9(14)4-11(8)15/h2-5,7H,6,16H2,1H3. The lowest BCUT2D eigenvalue weighted by molar-refractivity contribution is 0.0589. The Bertz CT molecular complexity index is 623. The Morgan fingerprint density at radius 3 is 2.74 bits per heavy atom. The molecule has 0 fully saturated rings. The molecule has 0 aliphatic heterocycles. The molecule has 0 saturated heterocycles. The molecule has 1 heterocycles. The molecule has 0 aliphatic rings. The average Bonchev–Trinajstić information content (AvgIpc) is 2.73. The van der Waals surface area contributed by atoms with Crippen LogP contribution in [0.3, 0.4) is 0 Å². The summed E-state index contributed by atoms with van der Waals surface area (Å²) >= 11 is 11.9. The van der Waals surface area contributed by atoms with E-state index in [-0.39, 0.29) is 0 Å². The number of aromatic nitrogens is 1. The first-order valence-electron chi connectivity index (χ1n) is 5.49. The van der Waals surface area contributed by atoms with Gasteiger partial charge in [0.2, 0.25) is 0 Å². The lowest BCUT2D eigenvalue weighted by Crippen LogP contribution is -2.10. The van der Waals surface area contributed by atoms with Crippen molar-refractivity contribution in [2.24, 2.45) is 0 Å². The van der Waals surface area contributed by atoms with E-state index in [9.17, 15) is 4.79 Å². The number of carbonyl (C=O) groups is 1. The van der Waals surface area contributed by atoms with Crippen molar-refractivity contribution in [2.75, 3.05) is 12.8 Å². The summed E-state index contributed by atoms with van der Waals surface area (Å²) < 4.78 is 6.40. The van der Waals surface area contributed by atoms with Crippen LogP contribution in [0, 0.1) is 0 Å². The third kappa shape index (κ3) is 3.03. The Morgan fingerprint density at radius 1 is 1.37 bits per heavy atom. The van der Waals surface area contributed by atoms with E-state index in [0.717, 1.165) is 5.56 Å². The first kappa shape index (κ1) is 13.8. The average molecular weight is 299 g/mol. The molecule has 100 valence electrons. The van der Waals surface area contributed by atoms with Crippen molar-refractivity contribution < 1.29 is 9.53 Å². The van der Waals surface area contributed by atoms with Crippen molar-refractivity contribution in [3.8, 4) is 0 Å². The number of nitrogens with zero attached hydrogens (tertiary/aromatic N) is 1. The minimum absolute atomic E-state index is 0.381. The lowest BCUT2D eigenvalue weighted by atomic mass is 10.2. The summed E-state index contributed by atoms with van der Waals surface area (Å²) in [6.45, 7) is 0.414. The van der Waals surface area contributed by atoms with Crippen molar-refractivity contribution in [3.63, 3.8) is 0 Å². The van der Waals surface area contributed by atoms with Crippen LogP contribution < -0.4 is 5.73 Å². The van der Waals surface area contributed by atoms with Crippen LogP contribution in [0.25, 0.3) is 0 Å². The number of ether oxygens (including phenoxy) is 1. The second kappa shape index (κ2) is 5.55. The van der Waals surface area contributed by atoms with Gasteiger partial charge in [-0.2, -0.15) is 0 Å². The number of methoxy groups -OCH3 is 1. The molecule has 0 aliphatic carbocycles. The van der Waals surface area contributed by atoms with Crippen LogP contribution in [0.5, 0.6) is 0 Å². The smallest absolute Gasteiger partial charge is 0.354 e. The highest BCUT2D eigenvalue weighted by atomic mass is 35.5. The first-order valence-corrected chi connectivity index (χ1v) is 6.24. The van der Waals surface area contributed by atoms with Gasteiger partial charge in [0.05, 0.1) is 12.8 Å². The number of esters is 1. The van der Waals surface area contributed by atoms with E-state index < -0.39 is 5.97 Å². The highest BCUT2D eigenvalue weighted by Crippen LogP contribution is 2.23. The van der Waals surface area contributed by atoms with Crippen LogP contribution in [-0.2, 0) is 11.3 Å². The van der Waals surface area contributed by atoms with Gasteiger partial charge in [-0.05, 0) is 23.8 Å². The van der Waals surface area contributed by atoms with Gasteiger partial charge in [0, 0.05) is 22.8 Å². The fourth-order valence-corrected chi connectivity index (χ4v) is 2.24. The van der Waals surface area contributed by atoms with Crippen LogP contribution in [0.1, 0.15) is 16.1 Å². The lowest BCUT2D eigenvalue weighted by Gasteiger charge is -2.09. The zero-order valence-electron chi connectivity index (χ0n) is 10.2. The molecule has 4 nitrogen and oxygen atoms in total. The number of carbonyl (C=O) groups excluding carboxylic acids is 1. The summed E-state index contributed by atoms with van der Waals surface area (Å²) in [6, 6.07) is 6.77. The molecular weight excluding hydrogens is 287 g/mol. The summed E-state index contributed by atoms with van der Waals surface area (Å²) in [5, 5.41) is 1.10. The van der Waals surface area contributed by atoms with E-state index in [1.165, 1.54) is 7.11 Å². The van der Waals surface area contributed by atoms with E-state index in [2.05, 4.69) is 0 Å². The third-order valence-electron chi connectivity index (χ3n) is 2.67. The molecule has 0 atom stereocenters. The van der Waals surface area contributed by atoms with Gasteiger partial charge in [-0.1, -0.05) is 29.3 Å². The Morgan fingerprint density at radius 2 is 2.11 bits per heavy atom. The zero-order valence-corrected chi connectivity index (χ0v) is 11.7. The minimum atomic E-state index is -0.443. The number of benzene rings is 1. The summed E-state index contributed by atoms with van der Waals surface area (Å²) in [7, 11) is 1.32. The maximum Gasteiger partial charge on any atom is 0.354 e. The summed E-state index contributed by atoms with van der Waals surface area (Å²) in [5.74, 6) is -0.443. The van der Waals surface area contributed by atoms with Gasteiger partial charge >= 0.3 is 5.97 Å². The number of hydrogen-bond acceptors (Lipinski definition) is 3. The predicted octanol–water partition coefficient (Wildman–Crippen LogP) is 3.21. The highest BCUT2D eigenvalue weighted by Gasteiger charge is 2.14. The zero-order chi connectivity index (χ0) is 14.0. The summed E-state index contributed by atoms with van der Waals surface area (Å²) in [5.41, 5.74) is 7.42. The van der Waals surface area contributed by atoms with E-state index in [4.69, 9.17) is 33.7 Å². The predicted molar refractivity (Wildman–Crippen MR) is 75.7 cm³/mol. The summed E-state index contributed by atoms with van der Waals surface area (Å²) in [6.07, 6.45) is 1.66. The van der Waals surface area contributed by atoms with Crippen LogP contribution in [0.2, 0.25) is 10.0 Å². The molecule has 0 saturated carbocycles. The fourth-order valence-electron chi connectivity index (χ4n) is 1.77. The minimum Gasteiger partial charge on any atom is -0.464 e. The molecule has 0 spiro atoms. The number of rotatable bonds is 3.